The highest BCUT2D eigenvalue weighted by Gasteiger charge is 2.44. The van der Waals surface area contributed by atoms with E-state index in [0.717, 1.165) is 25.5 Å². The van der Waals surface area contributed by atoms with Gasteiger partial charge < -0.3 is 5.21 Å². The topological polar surface area (TPSA) is 66.5 Å². The van der Waals surface area contributed by atoms with Crippen LogP contribution in [0.2, 0.25) is 0 Å². The molecule has 2 heterocycles. The van der Waals surface area contributed by atoms with Crippen molar-refractivity contribution in [3.8, 4) is 0 Å². The molecular weight excluding hydrogens is 335 g/mol. The highest BCUT2D eigenvalue weighted by atomic mass is 19.4. The van der Waals surface area contributed by atoms with E-state index < -0.39 is 12.3 Å². The van der Waals surface area contributed by atoms with Gasteiger partial charge in [0.25, 0.3) is 0 Å². The fourth-order valence-corrected chi connectivity index (χ4v) is 3.54. The van der Waals surface area contributed by atoms with Gasteiger partial charge in [0.05, 0.1) is 23.5 Å². The zero-order valence-electron chi connectivity index (χ0n) is 13.9. The van der Waals surface area contributed by atoms with Crippen molar-refractivity contribution in [3.05, 3.63) is 18.0 Å². The number of hydrogen-bond donors (Lipinski definition) is 1. The van der Waals surface area contributed by atoms with E-state index in [4.69, 9.17) is 5.21 Å². The Bertz CT molecular complexity index is 765. The van der Waals surface area contributed by atoms with Gasteiger partial charge in [0.15, 0.2) is 5.65 Å². The number of pyridine rings is 1. The molecule has 0 bridgehead atoms. The Morgan fingerprint density at radius 1 is 1.32 bits per heavy atom. The normalized spacial score (nSPS) is 16.8. The number of nitrogens with zero attached hydrogens (tertiary/aromatic N) is 5. The molecule has 9 heteroatoms. The molecule has 0 unspecified atom stereocenters. The van der Waals surface area contributed by atoms with Crippen LogP contribution in [0.5, 0.6) is 0 Å². The summed E-state index contributed by atoms with van der Waals surface area (Å²) in [5.41, 5.74) is 0.466. The third-order valence-electron chi connectivity index (χ3n) is 4.62. The molecule has 25 heavy (non-hydrogen) atoms. The molecule has 1 N–H and O–H groups in total. The van der Waals surface area contributed by atoms with E-state index in [0.29, 0.717) is 35.3 Å². The van der Waals surface area contributed by atoms with Crippen molar-refractivity contribution < 1.29 is 18.4 Å². The first-order valence-corrected chi connectivity index (χ1v) is 8.35. The molecule has 0 saturated heterocycles. The van der Waals surface area contributed by atoms with Crippen LogP contribution >= 0.6 is 0 Å². The third-order valence-corrected chi connectivity index (χ3v) is 4.62. The average molecular weight is 355 g/mol. The number of aryl methyl sites for hydroxylation is 1. The summed E-state index contributed by atoms with van der Waals surface area (Å²) in [5.74, 6) is 0. The van der Waals surface area contributed by atoms with Crippen LogP contribution in [0.25, 0.3) is 11.0 Å². The van der Waals surface area contributed by atoms with Gasteiger partial charge in [-0.1, -0.05) is 24.4 Å². The summed E-state index contributed by atoms with van der Waals surface area (Å²) in [5, 5.41) is 16.3. The van der Waals surface area contributed by atoms with Crippen molar-refractivity contribution in [2.75, 3.05) is 4.90 Å². The maximum Gasteiger partial charge on any atom is 0.485 e. The van der Waals surface area contributed by atoms with E-state index in [2.05, 4.69) is 15.2 Å². The number of alkyl halides is 3. The summed E-state index contributed by atoms with van der Waals surface area (Å²) < 4.78 is 43.5. The monoisotopic (exact) mass is 355 g/mol. The predicted molar refractivity (Wildman–Crippen MR) is 88.0 cm³/mol. The maximum absolute atomic E-state index is 14.0. The molecule has 2 aromatic heterocycles. The third kappa shape index (κ3) is 3.27. The lowest BCUT2D eigenvalue weighted by atomic mass is 9.93. The Labute approximate surface area is 142 Å². The zero-order valence-corrected chi connectivity index (χ0v) is 13.9. The fraction of sp³-hybridized carbons (Fsp3) is 0.562. The lowest BCUT2D eigenvalue weighted by Crippen LogP contribution is -2.47. The van der Waals surface area contributed by atoms with Gasteiger partial charge in [0, 0.05) is 24.3 Å². The summed E-state index contributed by atoms with van der Waals surface area (Å²) in [6.45, 7) is 2.35. The summed E-state index contributed by atoms with van der Waals surface area (Å²) in [6.07, 6.45) is 2.57. The van der Waals surface area contributed by atoms with E-state index in [9.17, 15) is 13.2 Å². The Hall–Kier alpha value is -2.32. The van der Waals surface area contributed by atoms with E-state index in [-0.39, 0.29) is 11.3 Å². The van der Waals surface area contributed by atoms with E-state index in [1.165, 1.54) is 12.4 Å². The van der Waals surface area contributed by atoms with Crippen LogP contribution in [0.3, 0.4) is 0 Å². The minimum Gasteiger partial charge on any atom is -0.411 e. The van der Waals surface area contributed by atoms with Gasteiger partial charge in [-0.15, -0.1) is 0 Å². The summed E-state index contributed by atoms with van der Waals surface area (Å²) in [7, 11) is 0. The minimum atomic E-state index is -4.55. The molecule has 1 aliphatic carbocycles. The molecule has 1 fully saturated rings. The van der Waals surface area contributed by atoms with Gasteiger partial charge in [-0.2, -0.15) is 18.3 Å². The van der Waals surface area contributed by atoms with Gasteiger partial charge in [0.2, 0.25) is 0 Å². The first kappa shape index (κ1) is 17.5. The van der Waals surface area contributed by atoms with Gasteiger partial charge in [-0.3, -0.25) is 4.90 Å². The smallest absolute Gasteiger partial charge is 0.411 e. The molecule has 1 aliphatic rings. The lowest BCUT2D eigenvalue weighted by molar-refractivity contribution is -0.136. The Kier molecular flexibility index (Phi) is 4.82. The number of oxime groups is 1. The van der Waals surface area contributed by atoms with Crippen LogP contribution in [0.4, 0.5) is 18.9 Å². The van der Waals surface area contributed by atoms with Crippen molar-refractivity contribution in [3.63, 3.8) is 0 Å². The van der Waals surface area contributed by atoms with Crippen LogP contribution in [0.15, 0.2) is 17.5 Å². The van der Waals surface area contributed by atoms with Crippen LogP contribution in [0, 0.1) is 0 Å². The fourth-order valence-electron chi connectivity index (χ4n) is 3.54. The quantitative estimate of drug-likeness (QED) is 0.391. The molecule has 0 aliphatic heterocycles. The predicted octanol–water partition coefficient (Wildman–Crippen LogP) is 3.92. The number of halogens is 3. The minimum absolute atomic E-state index is 0.0399. The molecule has 0 radical (unpaired) electrons. The average Bonchev–Trinajstić information content (AvgIpc) is 3.00. The largest absolute Gasteiger partial charge is 0.485 e. The number of fused-ring (bicyclic) bond motifs is 1. The Morgan fingerprint density at radius 2 is 2.04 bits per heavy atom. The van der Waals surface area contributed by atoms with E-state index >= 15 is 0 Å². The lowest BCUT2D eigenvalue weighted by Gasteiger charge is -2.38. The number of rotatable bonds is 4. The van der Waals surface area contributed by atoms with Gasteiger partial charge in [-0.05, 0) is 19.8 Å². The van der Waals surface area contributed by atoms with Gasteiger partial charge >= 0.3 is 6.30 Å². The van der Waals surface area contributed by atoms with Gasteiger partial charge in [-0.25, -0.2) is 9.67 Å². The van der Waals surface area contributed by atoms with Crippen molar-refractivity contribution in [1.29, 1.82) is 0 Å². The molecule has 1 saturated carbocycles. The molecule has 3 rings (SSSR count). The van der Waals surface area contributed by atoms with Gasteiger partial charge in [0.1, 0.15) is 0 Å². The second kappa shape index (κ2) is 6.89. The zero-order chi connectivity index (χ0) is 18.0. The molecule has 0 aromatic carbocycles. The molecule has 2 aromatic rings. The first-order valence-electron chi connectivity index (χ1n) is 8.35. The number of hydrogen-bond acceptors (Lipinski definition) is 5. The molecule has 0 amide bonds. The highest BCUT2D eigenvalue weighted by molar-refractivity contribution is 6.00. The molecule has 0 spiro atoms. The van der Waals surface area contributed by atoms with Crippen molar-refractivity contribution in [2.45, 2.75) is 57.9 Å². The van der Waals surface area contributed by atoms with Crippen molar-refractivity contribution in [2.24, 2.45) is 5.16 Å². The first-order chi connectivity index (χ1) is 12.0. The SMILES string of the molecule is CCn1ncc2c(N(C3CCCCC3)C(F)(F)F)c(C=NO)cnc21. The summed E-state index contributed by atoms with van der Waals surface area (Å²) in [4.78, 5) is 4.71. The molecule has 136 valence electrons. The highest BCUT2D eigenvalue weighted by Crippen LogP contribution is 2.40. The van der Waals surface area contributed by atoms with Crippen molar-refractivity contribution >= 4 is 22.9 Å². The summed E-state index contributed by atoms with van der Waals surface area (Å²) >= 11 is 0. The van der Waals surface area contributed by atoms with Crippen LogP contribution in [-0.4, -0.2) is 38.5 Å². The number of aromatic nitrogens is 3. The van der Waals surface area contributed by atoms with Crippen LogP contribution in [-0.2, 0) is 6.54 Å². The van der Waals surface area contributed by atoms with Crippen LogP contribution < -0.4 is 4.90 Å². The second-order valence-electron chi connectivity index (χ2n) is 6.13. The molecule has 6 nitrogen and oxygen atoms in total. The Balaban J connectivity index is 2.23. The maximum atomic E-state index is 14.0. The molecular formula is C16H20F3N5O. The molecule has 0 atom stereocenters. The Morgan fingerprint density at radius 3 is 2.64 bits per heavy atom. The standard InChI is InChI=1S/C16H20F3N5O/c1-2-23-15-13(10-21-23)14(11(8-20-15)9-22-25)24(16(17,18)19)12-6-4-3-5-7-12/h8-10,12,25H,2-7H2,1H3. The van der Waals surface area contributed by atoms with Crippen LogP contribution in [0.1, 0.15) is 44.6 Å². The second-order valence-corrected chi connectivity index (χ2v) is 6.13. The van der Waals surface area contributed by atoms with E-state index in [1.54, 1.807) is 4.68 Å². The summed E-state index contributed by atoms with van der Waals surface area (Å²) in [6, 6.07) is -0.643. The number of anilines is 1. The van der Waals surface area contributed by atoms with E-state index in [1.807, 2.05) is 6.92 Å². The van der Waals surface area contributed by atoms with Crippen molar-refractivity contribution in [1.82, 2.24) is 14.8 Å².